The standard InChI is InChI=1S/C15H26N2/c1-5-13(3)17(4)11-10-15(16)14-9-7-6-8-12(14)2/h6-9,13,15H,5,10-11,16H2,1-4H3. The van der Waals surface area contributed by atoms with Crippen LogP contribution in [0.5, 0.6) is 0 Å². The third-order valence-corrected chi connectivity index (χ3v) is 3.72. The number of nitrogens with zero attached hydrogens (tertiary/aromatic N) is 1. The number of hydrogen-bond donors (Lipinski definition) is 1. The Morgan fingerprint density at radius 1 is 1.29 bits per heavy atom. The van der Waals surface area contributed by atoms with Gasteiger partial charge in [0.2, 0.25) is 0 Å². The number of hydrogen-bond acceptors (Lipinski definition) is 2. The Hall–Kier alpha value is -0.860. The van der Waals surface area contributed by atoms with Crippen LogP contribution < -0.4 is 5.73 Å². The summed E-state index contributed by atoms with van der Waals surface area (Å²) in [7, 11) is 2.18. The van der Waals surface area contributed by atoms with E-state index in [1.165, 1.54) is 17.5 Å². The summed E-state index contributed by atoms with van der Waals surface area (Å²) in [5.74, 6) is 0. The normalized spacial score (nSPS) is 14.9. The fourth-order valence-electron chi connectivity index (χ4n) is 2.03. The van der Waals surface area contributed by atoms with Crippen molar-refractivity contribution in [3.63, 3.8) is 0 Å². The molecule has 2 heteroatoms. The summed E-state index contributed by atoms with van der Waals surface area (Å²) in [6, 6.07) is 9.20. The Labute approximate surface area is 106 Å². The van der Waals surface area contributed by atoms with Gasteiger partial charge in [0.1, 0.15) is 0 Å². The molecule has 0 saturated heterocycles. The van der Waals surface area contributed by atoms with Gasteiger partial charge in [-0.3, -0.25) is 0 Å². The second-order valence-corrected chi connectivity index (χ2v) is 4.99. The van der Waals surface area contributed by atoms with E-state index < -0.39 is 0 Å². The molecule has 0 amide bonds. The molecule has 96 valence electrons. The van der Waals surface area contributed by atoms with Crippen molar-refractivity contribution in [1.82, 2.24) is 4.90 Å². The van der Waals surface area contributed by atoms with Crippen molar-refractivity contribution < 1.29 is 0 Å². The van der Waals surface area contributed by atoms with Crippen molar-refractivity contribution in [2.75, 3.05) is 13.6 Å². The SMILES string of the molecule is CCC(C)N(C)CCC(N)c1ccccc1C. The minimum atomic E-state index is 0.155. The van der Waals surface area contributed by atoms with Crippen LogP contribution in [0.25, 0.3) is 0 Å². The molecule has 0 bridgehead atoms. The Morgan fingerprint density at radius 3 is 2.53 bits per heavy atom. The molecule has 0 fully saturated rings. The van der Waals surface area contributed by atoms with Crippen LogP contribution in [0.2, 0.25) is 0 Å². The maximum absolute atomic E-state index is 6.26. The van der Waals surface area contributed by atoms with Crippen LogP contribution in [-0.2, 0) is 0 Å². The molecule has 0 spiro atoms. The quantitative estimate of drug-likeness (QED) is 0.819. The first-order chi connectivity index (χ1) is 8.06. The van der Waals surface area contributed by atoms with E-state index in [0.717, 1.165) is 13.0 Å². The molecule has 0 heterocycles. The summed E-state index contributed by atoms with van der Waals surface area (Å²) in [6.07, 6.45) is 2.21. The first kappa shape index (κ1) is 14.2. The molecule has 1 rings (SSSR count). The fourth-order valence-corrected chi connectivity index (χ4v) is 2.03. The lowest BCUT2D eigenvalue weighted by Gasteiger charge is -2.25. The number of benzene rings is 1. The Morgan fingerprint density at radius 2 is 1.94 bits per heavy atom. The van der Waals surface area contributed by atoms with Gasteiger partial charge in [-0.05, 0) is 51.4 Å². The minimum Gasteiger partial charge on any atom is -0.324 e. The van der Waals surface area contributed by atoms with Gasteiger partial charge in [-0.15, -0.1) is 0 Å². The van der Waals surface area contributed by atoms with Crippen LogP contribution in [0.1, 0.15) is 43.9 Å². The van der Waals surface area contributed by atoms with Crippen LogP contribution in [-0.4, -0.2) is 24.5 Å². The molecule has 0 aliphatic carbocycles. The van der Waals surface area contributed by atoms with Crippen molar-refractivity contribution in [2.45, 2.75) is 45.7 Å². The molecule has 17 heavy (non-hydrogen) atoms. The molecule has 2 N–H and O–H groups in total. The lowest BCUT2D eigenvalue weighted by Crippen LogP contribution is -2.31. The Kier molecular flexibility index (Phi) is 5.66. The van der Waals surface area contributed by atoms with Gasteiger partial charge in [-0.1, -0.05) is 31.2 Å². The third-order valence-electron chi connectivity index (χ3n) is 3.72. The van der Waals surface area contributed by atoms with Crippen LogP contribution in [0, 0.1) is 6.92 Å². The van der Waals surface area contributed by atoms with Crippen molar-refractivity contribution in [3.8, 4) is 0 Å². The van der Waals surface area contributed by atoms with Gasteiger partial charge in [0.15, 0.2) is 0 Å². The third kappa shape index (κ3) is 4.14. The number of rotatable bonds is 6. The molecule has 2 nitrogen and oxygen atoms in total. The molecule has 0 aliphatic rings. The molecular weight excluding hydrogens is 208 g/mol. The van der Waals surface area contributed by atoms with Gasteiger partial charge in [0.05, 0.1) is 0 Å². The van der Waals surface area contributed by atoms with E-state index in [9.17, 15) is 0 Å². The lowest BCUT2D eigenvalue weighted by molar-refractivity contribution is 0.243. The zero-order chi connectivity index (χ0) is 12.8. The molecule has 0 aliphatic heterocycles. The average Bonchev–Trinajstić information content (AvgIpc) is 2.35. The van der Waals surface area contributed by atoms with Gasteiger partial charge in [-0.2, -0.15) is 0 Å². The molecule has 1 aromatic rings. The Balaban J connectivity index is 2.50. The molecule has 0 saturated carbocycles. The number of aryl methyl sites for hydroxylation is 1. The van der Waals surface area contributed by atoms with Gasteiger partial charge in [0, 0.05) is 12.1 Å². The van der Waals surface area contributed by atoms with Crippen molar-refractivity contribution in [2.24, 2.45) is 5.73 Å². The molecule has 1 aromatic carbocycles. The van der Waals surface area contributed by atoms with Crippen molar-refractivity contribution in [3.05, 3.63) is 35.4 Å². The highest BCUT2D eigenvalue weighted by Crippen LogP contribution is 2.18. The van der Waals surface area contributed by atoms with Crippen molar-refractivity contribution >= 4 is 0 Å². The van der Waals surface area contributed by atoms with E-state index in [0.29, 0.717) is 6.04 Å². The first-order valence-electron chi connectivity index (χ1n) is 6.57. The largest absolute Gasteiger partial charge is 0.324 e. The monoisotopic (exact) mass is 234 g/mol. The van der Waals surface area contributed by atoms with E-state index in [1.807, 2.05) is 0 Å². The predicted molar refractivity (Wildman–Crippen MR) is 75.1 cm³/mol. The molecular formula is C15H26N2. The summed E-state index contributed by atoms with van der Waals surface area (Å²) >= 11 is 0. The summed E-state index contributed by atoms with van der Waals surface area (Å²) in [4.78, 5) is 2.39. The zero-order valence-electron chi connectivity index (χ0n) is 11.6. The molecule has 0 aromatic heterocycles. The zero-order valence-corrected chi connectivity index (χ0v) is 11.6. The van der Waals surface area contributed by atoms with Gasteiger partial charge >= 0.3 is 0 Å². The van der Waals surface area contributed by atoms with Crippen LogP contribution in [0.15, 0.2) is 24.3 Å². The number of nitrogens with two attached hydrogens (primary N) is 1. The van der Waals surface area contributed by atoms with Crippen molar-refractivity contribution in [1.29, 1.82) is 0 Å². The molecule has 0 radical (unpaired) electrons. The van der Waals surface area contributed by atoms with Crippen LogP contribution in [0.3, 0.4) is 0 Å². The van der Waals surface area contributed by atoms with E-state index in [1.54, 1.807) is 0 Å². The highest BCUT2D eigenvalue weighted by molar-refractivity contribution is 5.28. The highest BCUT2D eigenvalue weighted by atomic mass is 15.1. The van der Waals surface area contributed by atoms with Crippen LogP contribution in [0.4, 0.5) is 0 Å². The van der Waals surface area contributed by atoms with Gasteiger partial charge in [0.25, 0.3) is 0 Å². The van der Waals surface area contributed by atoms with E-state index in [2.05, 4.69) is 57.0 Å². The summed E-state index contributed by atoms with van der Waals surface area (Å²) in [6.45, 7) is 7.68. The summed E-state index contributed by atoms with van der Waals surface area (Å²) < 4.78 is 0. The topological polar surface area (TPSA) is 29.3 Å². The van der Waals surface area contributed by atoms with E-state index in [-0.39, 0.29) is 6.04 Å². The lowest BCUT2D eigenvalue weighted by atomic mass is 9.99. The second-order valence-electron chi connectivity index (χ2n) is 4.99. The smallest absolute Gasteiger partial charge is 0.0309 e. The van der Waals surface area contributed by atoms with E-state index in [4.69, 9.17) is 5.73 Å². The van der Waals surface area contributed by atoms with Crippen LogP contribution >= 0.6 is 0 Å². The fraction of sp³-hybridized carbons (Fsp3) is 0.600. The minimum absolute atomic E-state index is 0.155. The summed E-state index contributed by atoms with van der Waals surface area (Å²) in [5, 5.41) is 0. The maximum Gasteiger partial charge on any atom is 0.0309 e. The predicted octanol–water partition coefficient (Wildman–Crippen LogP) is 3.12. The highest BCUT2D eigenvalue weighted by Gasteiger charge is 2.11. The first-order valence-corrected chi connectivity index (χ1v) is 6.57. The van der Waals surface area contributed by atoms with Gasteiger partial charge < -0.3 is 10.6 Å². The Bertz CT molecular complexity index is 335. The summed E-state index contributed by atoms with van der Waals surface area (Å²) in [5.41, 5.74) is 8.84. The molecule has 2 unspecified atom stereocenters. The maximum atomic E-state index is 6.26. The average molecular weight is 234 g/mol. The molecule has 2 atom stereocenters. The van der Waals surface area contributed by atoms with E-state index >= 15 is 0 Å². The van der Waals surface area contributed by atoms with Gasteiger partial charge in [-0.25, -0.2) is 0 Å². The second kappa shape index (κ2) is 6.77.